The summed E-state index contributed by atoms with van der Waals surface area (Å²) in [5.74, 6) is 0.840. The minimum atomic E-state index is 0.511. The predicted octanol–water partition coefficient (Wildman–Crippen LogP) is 5.46. The fourth-order valence-electron chi connectivity index (χ4n) is 4.29. The molecule has 1 N–H and O–H groups in total. The highest BCUT2D eigenvalue weighted by Crippen LogP contribution is 2.44. The topological polar surface area (TPSA) is 12.0 Å². The fourth-order valence-corrected chi connectivity index (χ4v) is 4.29. The summed E-state index contributed by atoms with van der Waals surface area (Å²) >= 11 is 0. The molecule has 2 atom stereocenters. The highest BCUT2D eigenvalue weighted by Gasteiger charge is 2.38. The Morgan fingerprint density at radius 1 is 1.20 bits per heavy atom. The van der Waals surface area contributed by atoms with Gasteiger partial charge in [0.05, 0.1) is 0 Å². The van der Waals surface area contributed by atoms with Crippen LogP contribution in [0.1, 0.15) is 85.0 Å². The molecule has 0 saturated heterocycles. The Bertz CT molecular complexity index is 316. The fraction of sp³-hybridized carbons (Fsp3) is 0.895. The molecule has 0 spiro atoms. The molecule has 20 heavy (non-hydrogen) atoms. The van der Waals surface area contributed by atoms with Crippen LogP contribution in [-0.2, 0) is 0 Å². The van der Waals surface area contributed by atoms with Gasteiger partial charge in [-0.05, 0) is 62.8 Å². The Balaban J connectivity index is 2.14. The van der Waals surface area contributed by atoms with E-state index >= 15 is 0 Å². The summed E-state index contributed by atoms with van der Waals surface area (Å²) in [6.07, 6.45) is 16.4. The first-order chi connectivity index (χ1) is 9.65. The van der Waals surface area contributed by atoms with Crippen molar-refractivity contribution in [3.63, 3.8) is 0 Å². The number of allylic oxidation sites excluding steroid dienone is 1. The van der Waals surface area contributed by atoms with Crippen LogP contribution < -0.4 is 5.32 Å². The van der Waals surface area contributed by atoms with Gasteiger partial charge >= 0.3 is 0 Å². The van der Waals surface area contributed by atoms with Gasteiger partial charge in [0.15, 0.2) is 0 Å². The zero-order valence-electron chi connectivity index (χ0n) is 14.0. The average molecular weight is 277 g/mol. The lowest BCUT2D eigenvalue weighted by molar-refractivity contribution is 0.109. The van der Waals surface area contributed by atoms with E-state index in [0.717, 1.165) is 5.92 Å². The second-order valence-corrected chi connectivity index (χ2v) is 7.65. The number of nitrogens with one attached hydrogen (secondary N) is 1. The van der Waals surface area contributed by atoms with Gasteiger partial charge in [-0.2, -0.15) is 0 Å². The van der Waals surface area contributed by atoms with E-state index in [4.69, 9.17) is 0 Å². The molecule has 2 aliphatic carbocycles. The highest BCUT2D eigenvalue weighted by atomic mass is 14.9. The van der Waals surface area contributed by atoms with Crippen LogP contribution in [0, 0.1) is 11.3 Å². The summed E-state index contributed by atoms with van der Waals surface area (Å²) in [5, 5.41) is 3.92. The van der Waals surface area contributed by atoms with Crippen molar-refractivity contribution in [3.8, 4) is 0 Å². The molecular formula is C19H35N. The summed E-state index contributed by atoms with van der Waals surface area (Å²) < 4.78 is 0. The van der Waals surface area contributed by atoms with E-state index in [2.05, 4.69) is 32.2 Å². The van der Waals surface area contributed by atoms with E-state index in [1.807, 2.05) is 0 Å². The van der Waals surface area contributed by atoms with Crippen molar-refractivity contribution in [2.45, 2.75) is 91.0 Å². The SMILES string of the molecule is CCCNC(C1=CCCCCC1)C1CCCCC1(C)C. The molecule has 2 aliphatic rings. The lowest BCUT2D eigenvalue weighted by Gasteiger charge is -2.44. The molecule has 0 bridgehead atoms. The third kappa shape index (κ3) is 4.10. The minimum absolute atomic E-state index is 0.511. The van der Waals surface area contributed by atoms with E-state index < -0.39 is 0 Å². The van der Waals surface area contributed by atoms with Gasteiger partial charge in [0, 0.05) is 6.04 Å². The first kappa shape index (κ1) is 16.1. The van der Waals surface area contributed by atoms with Crippen molar-refractivity contribution in [1.82, 2.24) is 5.32 Å². The van der Waals surface area contributed by atoms with Crippen molar-refractivity contribution in [3.05, 3.63) is 11.6 Å². The molecule has 1 fully saturated rings. The summed E-state index contributed by atoms with van der Waals surface area (Å²) in [7, 11) is 0. The molecule has 0 amide bonds. The minimum Gasteiger partial charge on any atom is -0.310 e. The van der Waals surface area contributed by atoms with Crippen LogP contribution in [0.3, 0.4) is 0 Å². The number of rotatable bonds is 5. The molecular weight excluding hydrogens is 242 g/mol. The van der Waals surface area contributed by atoms with Gasteiger partial charge in [0.2, 0.25) is 0 Å². The molecule has 2 rings (SSSR count). The predicted molar refractivity (Wildman–Crippen MR) is 89.0 cm³/mol. The van der Waals surface area contributed by atoms with Gasteiger partial charge < -0.3 is 5.32 Å². The summed E-state index contributed by atoms with van der Waals surface area (Å²) in [5.41, 5.74) is 2.26. The largest absolute Gasteiger partial charge is 0.310 e. The highest BCUT2D eigenvalue weighted by molar-refractivity contribution is 5.16. The monoisotopic (exact) mass is 277 g/mol. The maximum Gasteiger partial charge on any atom is 0.0312 e. The second-order valence-electron chi connectivity index (χ2n) is 7.65. The van der Waals surface area contributed by atoms with Crippen molar-refractivity contribution >= 4 is 0 Å². The first-order valence-corrected chi connectivity index (χ1v) is 9.07. The molecule has 0 aromatic rings. The lowest BCUT2D eigenvalue weighted by Crippen LogP contribution is -2.46. The maximum absolute atomic E-state index is 3.92. The quantitative estimate of drug-likeness (QED) is 0.658. The normalized spacial score (nSPS) is 28.6. The molecule has 0 radical (unpaired) electrons. The third-order valence-electron chi connectivity index (χ3n) is 5.58. The third-order valence-corrected chi connectivity index (χ3v) is 5.58. The Morgan fingerprint density at radius 3 is 2.80 bits per heavy atom. The molecule has 1 heteroatoms. The van der Waals surface area contributed by atoms with E-state index in [1.165, 1.54) is 70.8 Å². The van der Waals surface area contributed by atoms with Gasteiger partial charge in [-0.25, -0.2) is 0 Å². The van der Waals surface area contributed by atoms with Crippen LogP contribution in [0.25, 0.3) is 0 Å². The smallest absolute Gasteiger partial charge is 0.0312 e. The molecule has 0 heterocycles. The zero-order valence-corrected chi connectivity index (χ0v) is 14.0. The van der Waals surface area contributed by atoms with E-state index in [0.29, 0.717) is 11.5 Å². The van der Waals surface area contributed by atoms with Gasteiger partial charge in [-0.1, -0.05) is 51.7 Å². The lowest BCUT2D eigenvalue weighted by atomic mass is 9.64. The molecule has 1 nitrogen and oxygen atoms in total. The standard InChI is InChI=1S/C19H35N/c1-4-15-20-18(16-11-7-5-6-8-12-16)17-13-9-10-14-19(17,2)3/h11,17-18,20H,4-10,12-15H2,1-3H3. The van der Waals surface area contributed by atoms with Gasteiger partial charge in [-0.15, -0.1) is 0 Å². The zero-order chi connectivity index (χ0) is 14.4. The van der Waals surface area contributed by atoms with Crippen molar-refractivity contribution in [1.29, 1.82) is 0 Å². The van der Waals surface area contributed by atoms with Crippen LogP contribution in [0.4, 0.5) is 0 Å². The van der Waals surface area contributed by atoms with Crippen LogP contribution in [-0.4, -0.2) is 12.6 Å². The molecule has 0 aliphatic heterocycles. The van der Waals surface area contributed by atoms with E-state index in [9.17, 15) is 0 Å². The van der Waals surface area contributed by atoms with E-state index in [1.54, 1.807) is 5.57 Å². The number of hydrogen-bond acceptors (Lipinski definition) is 1. The molecule has 116 valence electrons. The Hall–Kier alpha value is -0.300. The van der Waals surface area contributed by atoms with Gasteiger partial charge in [0.25, 0.3) is 0 Å². The molecule has 1 saturated carbocycles. The van der Waals surface area contributed by atoms with Crippen LogP contribution in [0.15, 0.2) is 11.6 Å². The Labute approximate surface area is 126 Å². The molecule has 0 aromatic heterocycles. The van der Waals surface area contributed by atoms with Crippen molar-refractivity contribution in [2.24, 2.45) is 11.3 Å². The Morgan fingerprint density at radius 2 is 2.05 bits per heavy atom. The second kappa shape index (κ2) is 7.64. The van der Waals surface area contributed by atoms with Crippen LogP contribution >= 0.6 is 0 Å². The van der Waals surface area contributed by atoms with Crippen LogP contribution in [0.2, 0.25) is 0 Å². The maximum atomic E-state index is 3.92. The van der Waals surface area contributed by atoms with Crippen LogP contribution in [0.5, 0.6) is 0 Å². The first-order valence-electron chi connectivity index (χ1n) is 9.07. The van der Waals surface area contributed by atoms with Gasteiger partial charge in [0.1, 0.15) is 0 Å². The van der Waals surface area contributed by atoms with E-state index in [-0.39, 0.29) is 0 Å². The summed E-state index contributed by atoms with van der Waals surface area (Å²) in [6.45, 7) is 8.48. The average Bonchev–Trinajstić information content (AvgIpc) is 2.69. The van der Waals surface area contributed by atoms with Crippen molar-refractivity contribution in [2.75, 3.05) is 6.54 Å². The van der Waals surface area contributed by atoms with Gasteiger partial charge in [-0.3, -0.25) is 0 Å². The Kier molecular flexibility index (Phi) is 6.14. The summed E-state index contributed by atoms with van der Waals surface area (Å²) in [6, 6.07) is 0.656. The van der Waals surface area contributed by atoms with Crippen molar-refractivity contribution < 1.29 is 0 Å². The summed E-state index contributed by atoms with van der Waals surface area (Å²) in [4.78, 5) is 0. The molecule has 0 aromatic carbocycles. The number of hydrogen-bond donors (Lipinski definition) is 1. The molecule has 2 unspecified atom stereocenters.